The molecule has 0 fully saturated rings. The van der Waals surface area contributed by atoms with Gasteiger partial charge in [0.2, 0.25) is 5.91 Å². The van der Waals surface area contributed by atoms with Crippen molar-refractivity contribution >= 4 is 23.2 Å². The SMILES string of the molecule is COc1ccccc1CC(=O)Nc1ccc(CCl)cc1. The van der Waals surface area contributed by atoms with Gasteiger partial charge in [-0.1, -0.05) is 30.3 Å². The number of carbonyl (C=O) groups excluding carboxylic acids is 1. The first-order valence-electron chi connectivity index (χ1n) is 6.29. The van der Waals surface area contributed by atoms with Crippen LogP contribution in [0.5, 0.6) is 5.75 Å². The van der Waals surface area contributed by atoms with Crippen LogP contribution >= 0.6 is 11.6 Å². The van der Waals surface area contributed by atoms with E-state index in [-0.39, 0.29) is 12.3 Å². The Labute approximate surface area is 123 Å². The van der Waals surface area contributed by atoms with Gasteiger partial charge in [-0.2, -0.15) is 0 Å². The number of alkyl halides is 1. The van der Waals surface area contributed by atoms with Crippen LogP contribution in [0.4, 0.5) is 5.69 Å². The summed E-state index contributed by atoms with van der Waals surface area (Å²) in [4.78, 5) is 12.0. The fourth-order valence-corrected chi connectivity index (χ4v) is 2.08. The van der Waals surface area contributed by atoms with E-state index in [1.54, 1.807) is 7.11 Å². The van der Waals surface area contributed by atoms with Crippen molar-refractivity contribution in [1.29, 1.82) is 0 Å². The molecule has 0 saturated carbocycles. The summed E-state index contributed by atoms with van der Waals surface area (Å²) in [5.74, 6) is 1.11. The maximum atomic E-state index is 12.0. The lowest BCUT2D eigenvalue weighted by atomic mass is 10.1. The smallest absolute Gasteiger partial charge is 0.228 e. The van der Waals surface area contributed by atoms with E-state index in [2.05, 4.69) is 5.32 Å². The molecule has 20 heavy (non-hydrogen) atoms. The molecule has 104 valence electrons. The van der Waals surface area contributed by atoms with Gasteiger partial charge in [0.1, 0.15) is 5.75 Å². The van der Waals surface area contributed by atoms with E-state index < -0.39 is 0 Å². The van der Waals surface area contributed by atoms with Crippen LogP contribution in [0.15, 0.2) is 48.5 Å². The molecule has 0 aromatic heterocycles. The topological polar surface area (TPSA) is 38.3 Å². The number of ether oxygens (including phenoxy) is 1. The van der Waals surface area contributed by atoms with E-state index in [1.165, 1.54) is 0 Å². The zero-order chi connectivity index (χ0) is 14.4. The number of para-hydroxylation sites is 1. The Morgan fingerprint density at radius 2 is 1.85 bits per heavy atom. The summed E-state index contributed by atoms with van der Waals surface area (Å²) >= 11 is 5.72. The summed E-state index contributed by atoms with van der Waals surface area (Å²) in [6.45, 7) is 0. The maximum Gasteiger partial charge on any atom is 0.228 e. The number of nitrogens with one attached hydrogen (secondary N) is 1. The van der Waals surface area contributed by atoms with Gasteiger partial charge in [0.05, 0.1) is 13.5 Å². The number of benzene rings is 2. The third kappa shape index (κ3) is 3.75. The van der Waals surface area contributed by atoms with Crippen LogP contribution in [0, 0.1) is 0 Å². The van der Waals surface area contributed by atoms with Crippen LogP contribution in [-0.4, -0.2) is 13.0 Å². The van der Waals surface area contributed by atoms with Crippen molar-refractivity contribution in [2.45, 2.75) is 12.3 Å². The summed E-state index contributed by atoms with van der Waals surface area (Å²) in [5.41, 5.74) is 2.65. The number of methoxy groups -OCH3 is 1. The fraction of sp³-hybridized carbons (Fsp3) is 0.188. The van der Waals surface area contributed by atoms with E-state index in [4.69, 9.17) is 16.3 Å². The molecule has 4 heteroatoms. The highest BCUT2D eigenvalue weighted by Crippen LogP contribution is 2.18. The third-order valence-corrected chi connectivity index (χ3v) is 3.24. The van der Waals surface area contributed by atoms with E-state index in [0.717, 1.165) is 22.6 Å². The predicted molar refractivity (Wildman–Crippen MR) is 81.3 cm³/mol. The molecule has 0 saturated heterocycles. The summed E-state index contributed by atoms with van der Waals surface area (Å²) in [6, 6.07) is 15.0. The predicted octanol–water partition coefficient (Wildman–Crippen LogP) is 3.62. The Hall–Kier alpha value is -2.00. The second-order valence-corrected chi connectivity index (χ2v) is 4.63. The summed E-state index contributed by atoms with van der Waals surface area (Å²) in [5, 5.41) is 2.86. The van der Waals surface area contributed by atoms with Gasteiger partial charge in [0.15, 0.2) is 0 Å². The van der Waals surface area contributed by atoms with Crippen LogP contribution in [0.25, 0.3) is 0 Å². The van der Waals surface area contributed by atoms with Crippen molar-refractivity contribution in [3.05, 3.63) is 59.7 Å². The highest BCUT2D eigenvalue weighted by atomic mass is 35.5. The number of amides is 1. The van der Waals surface area contributed by atoms with Gasteiger partial charge >= 0.3 is 0 Å². The van der Waals surface area contributed by atoms with E-state index in [9.17, 15) is 4.79 Å². The van der Waals surface area contributed by atoms with Gasteiger partial charge < -0.3 is 10.1 Å². The van der Waals surface area contributed by atoms with Crippen molar-refractivity contribution < 1.29 is 9.53 Å². The van der Waals surface area contributed by atoms with Gasteiger partial charge in [0, 0.05) is 17.1 Å². The number of hydrogen-bond donors (Lipinski definition) is 1. The highest BCUT2D eigenvalue weighted by Gasteiger charge is 2.08. The zero-order valence-corrected chi connectivity index (χ0v) is 12.0. The molecule has 0 aliphatic heterocycles. The van der Waals surface area contributed by atoms with Crippen LogP contribution < -0.4 is 10.1 Å². The summed E-state index contributed by atoms with van der Waals surface area (Å²) in [7, 11) is 1.60. The van der Waals surface area contributed by atoms with Gasteiger partial charge in [-0.25, -0.2) is 0 Å². The Morgan fingerprint density at radius 3 is 2.50 bits per heavy atom. The monoisotopic (exact) mass is 289 g/mol. The Kier molecular flexibility index (Phi) is 5.02. The molecule has 0 radical (unpaired) electrons. The summed E-state index contributed by atoms with van der Waals surface area (Å²) in [6.07, 6.45) is 0.279. The lowest BCUT2D eigenvalue weighted by Crippen LogP contribution is -2.14. The normalized spacial score (nSPS) is 10.1. The van der Waals surface area contributed by atoms with Crippen LogP contribution in [-0.2, 0) is 17.1 Å². The maximum absolute atomic E-state index is 12.0. The standard InChI is InChI=1S/C16H16ClNO2/c1-20-15-5-3-2-4-13(15)10-16(19)18-14-8-6-12(11-17)7-9-14/h2-9H,10-11H2,1H3,(H,18,19). The van der Waals surface area contributed by atoms with Gasteiger partial charge in [-0.3, -0.25) is 4.79 Å². The van der Waals surface area contributed by atoms with E-state index in [0.29, 0.717) is 5.88 Å². The molecule has 1 amide bonds. The molecule has 1 N–H and O–H groups in total. The first-order chi connectivity index (χ1) is 9.72. The van der Waals surface area contributed by atoms with Crippen molar-refractivity contribution in [3.8, 4) is 5.75 Å². The molecule has 0 heterocycles. The molecule has 2 aromatic carbocycles. The van der Waals surface area contributed by atoms with Crippen LogP contribution in [0.3, 0.4) is 0 Å². The lowest BCUT2D eigenvalue weighted by molar-refractivity contribution is -0.115. The molecule has 0 unspecified atom stereocenters. The first kappa shape index (κ1) is 14.4. The van der Waals surface area contributed by atoms with Gasteiger partial charge in [-0.15, -0.1) is 11.6 Å². The third-order valence-electron chi connectivity index (χ3n) is 2.94. The van der Waals surface area contributed by atoms with E-state index >= 15 is 0 Å². The molecule has 0 atom stereocenters. The highest BCUT2D eigenvalue weighted by molar-refractivity contribution is 6.17. The molecular weight excluding hydrogens is 274 g/mol. The quantitative estimate of drug-likeness (QED) is 0.854. The van der Waals surface area contributed by atoms with Gasteiger partial charge in [0.25, 0.3) is 0 Å². The minimum Gasteiger partial charge on any atom is -0.496 e. The Morgan fingerprint density at radius 1 is 1.15 bits per heavy atom. The van der Waals surface area contributed by atoms with E-state index in [1.807, 2.05) is 48.5 Å². The second-order valence-electron chi connectivity index (χ2n) is 4.37. The zero-order valence-electron chi connectivity index (χ0n) is 11.2. The fourth-order valence-electron chi connectivity index (χ4n) is 1.90. The molecule has 0 aliphatic rings. The van der Waals surface area contributed by atoms with Crippen molar-refractivity contribution in [3.63, 3.8) is 0 Å². The molecule has 2 rings (SSSR count). The number of carbonyl (C=O) groups is 1. The second kappa shape index (κ2) is 6.96. The number of rotatable bonds is 5. The van der Waals surface area contributed by atoms with Crippen molar-refractivity contribution in [2.75, 3.05) is 12.4 Å². The molecule has 0 bridgehead atoms. The molecule has 3 nitrogen and oxygen atoms in total. The molecule has 2 aromatic rings. The molecular formula is C16H16ClNO2. The summed E-state index contributed by atoms with van der Waals surface area (Å²) < 4.78 is 5.23. The van der Waals surface area contributed by atoms with Crippen molar-refractivity contribution in [2.24, 2.45) is 0 Å². The molecule has 0 spiro atoms. The number of hydrogen-bond acceptors (Lipinski definition) is 2. The van der Waals surface area contributed by atoms with Crippen molar-refractivity contribution in [1.82, 2.24) is 0 Å². The van der Waals surface area contributed by atoms with Gasteiger partial charge in [-0.05, 0) is 23.8 Å². The minimum absolute atomic E-state index is 0.0758. The minimum atomic E-state index is -0.0758. The Balaban J connectivity index is 2.01. The van der Waals surface area contributed by atoms with Crippen LogP contribution in [0.1, 0.15) is 11.1 Å². The Bertz CT molecular complexity index is 581. The lowest BCUT2D eigenvalue weighted by Gasteiger charge is -2.09. The number of anilines is 1. The number of halogens is 1. The first-order valence-corrected chi connectivity index (χ1v) is 6.83. The molecule has 0 aliphatic carbocycles. The average Bonchev–Trinajstić information content (AvgIpc) is 2.48. The van der Waals surface area contributed by atoms with Crippen LogP contribution in [0.2, 0.25) is 0 Å². The largest absolute Gasteiger partial charge is 0.496 e. The average molecular weight is 290 g/mol.